The molecule has 0 bridgehead atoms. The Bertz CT molecular complexity index is 231. The van der Waals surface area contributed by atoms with Gasteiger partial charge in [-0.05, 0) is 50.5 Å². The van der Waals surface area contributed by atoms with E-state index in [0.717, 1.165) is 37.5 Å². The van der Waals surface area contributed by atoms with Gasteiger partial charge in [-0.1, -0.05) is 13.8 Å². The second-order valence-corrected chi connectivity index (χ2v) is 6.38. The lowest BCUT2D eigenvalue weighted by Crippen LogP contribution is -2.50. The molecule has 0 aromatic carbocycles. The Hall–Kier alpha value is -0.120. The Morgan fingerprint density at radius 3 is 2.44 bits per heavy atom. The third kappa shape index (κ3) is 3.69. The van der Waals surface area contributed by atoms with Crippen LogP contribution in [-0.4, -0.2) is 43.3 Å². The third-order valence-electron chi connectivity index (χ3n) is 4.79. The lowest BCUT2D eigenvalue weighted by atomic mass is 9.72. The normalized spacial score (nSPS) is 30.7. The van der Waals surface area contributed by atoms with Gasteiger partial charge in [-0.2, -0.15) is 0 Å². The Morgan fingerprint density at radius 1 is 1.22 bits per heavy atom. The summed E-state index contributed by atoms with van der Waals surface area (Å²) in [5, 5.41) is 0. The van der Waals surface area contributed by atoms with Crippen molar-refractivity contribution in [2.75, 3.05) is 26.2 Å². The quantitative estimate of drug-likeness (QED) is 0.739. The van der Waals surface area contributed by atoms with Gasteiger partial charge in [0, 0.05) is 25.7 Å². The van der Waals surface area contributed by atoms with Crippen molar-refractivity contribution >= 4 is 0 Å². The van der Waals surface area contributed by atoms with Gasteiger partial charge in [0.1, 0.15) is 0 Å². The number of likely N-dealkylation sites (tertiary alicyclic amines) is 1. The number of piperidine rings is 1. The van der Waals surface area contributed by atoms with Crippen LogP contribution in [-0.2, 0) is 4.74 Å². The zero-order chi connectivity index (χ0) is 13.0. The van der Waals surface area contributed by atoms with Gasteiger partial charge in [-0.3, -0.25) is 0 Å². The first-order valence-electron chi connectivity index (χ1n) is 7.76. The van der Waals surface area contributed by atoms with Crippen molar-refractivity contribution < 1.29 is 4.74 Å². The molecule has 106 valence electrons. The van der Waals surface area contributed by atoms with Crippen LogP contribution in [0, 0.1) is 11.8 Å². The van der Waals surface area contributed by atoms with E-state index >= 15 is 0 Å². The summed E-state index contributed by atoms with van der Waals surface area (Å²) in [5.74, 6) is 1.85. The highest BCUT2D eigenvalue weighted by atomic mass is 16.5. The fourth-order valence-corrected chi connectivity index (χ4v) is 3.21. The van der Waals surface area contributed by atoms with Crippen LogP contribution in [0.15, 0.2) is 0 Å². The second-order valence-electron chi connectivity index (χ2n) is 6.38. The van der Waals surface area contributed by atoms with E-state index in [1.807, 2.05) is 0 Å². The molecule has 1 saturated carbocycles. The Labute approximate surface area is 112 Å². The molecule has 18 heavy (non-hydrogen) atoms. The highest BCUT2D eigenvalue weighted by molar-refractivity contribution is 4.90. The predicted octanol–water partition coefficient (Wildman–Crippen LogP) is 2.25. The molecule has 3 nitrogen and oxygen atoms in total. The monoisotopic (exact) mass is 254 g/mol. The molecular formula is C15H30N2O. The summed E-state index contributed by atoms with van der Waals surface area (Å²) in [4.78, 5) is 2.70. The van der Waals surface area contributed by atoms with Gasteiger partial charge in [0.15, 0.2) is 0 Å². The summed E-state index contributed by atoms with van der Waals surface area (Å²) < 4.78 is 5.86. The smallest absolute Gasteiger partial charge is 0.0599 e. The molecule has 2 fully saturated rings. The molecule has 1 aliphatic heterocycles. The van der Waals surface area contributed by atoms with Crippen molar-refractivity contribution in [3.8, 4) is 0 Å². The highest BCUT2D eigenvalue weighted by Crippen LogP contribution is 2.37. The molecule has 0 atom stereocenters. The van der Waals surface area contributed by atoms with Crippen LogP contribution in [0.25, 0.3) is 0 Å². The maximum absolute atomic E-state index is 5.86. The minimum Gasteiger partial charge on any atom is -0.378 e. The predicted molar refractivity (Wildman–Crippen MR) is 75.6 cm³/mol. The topological polar surface area (TPSA) is 38.5 Å². The molecule has 2 aliphatic rings. The third-order valence-corrected chi connectivity index (χ3v) is 4.79. The van der Waals surface area contributed by atoms with Crippen LogP contribution in [0.5, 0.6) is 0 Å². The zero-order valence-corrected chi connectivity index (χ0v) is 12.1. The molecule has 0 amide bonds. The Balaban J connectivity index is 1.59. The average molecular weight is 254 g/mol. The summed E-state index contributed by atoms with van der Waals surface area (Å²) in [6, 6.07) is 0.877. The van der Waals surface area contributed by atoms with Crippen LogP contribution >= 0.6 is 0 Å². The van der Waals surface area contributed by atoms with E-state index in [9.17, 15) is 0 Å². The maximum Gasteiger partial charge on any atom is 0.0599 e. The summed E-state index contributed by atoms with van der Waals surface area (Å²) >= 11 is 0. The number of ether oxygens (including phenoxy) is 1. The fraction of sp³-hybridized carbons (Fsp3) is 1.00. The summed E-state index contributed by atoms with van der Waals surface area (Å²) in [6.07, 6.45) is 6.78. The minimum absolute atomic E-state index is 0.494. The number of hydrogen-bond acceptors (Lipinski definition) is 3. The Morgan fingerprint density at radius 2 is 1.89 bits per heavy atom. The summed E-state index contributed by atoms with van der Waals surface area (Å²) in [6.45, 7) is 8.79. The number of nitrogens with zero attached hydrogens (tertiary/aromatic N) is 1. The minimum atomic E-state index is 0.494. The van der Waals surface area contributed by atoms with Crippen LogP contribution in [0.2, 0.25) is 0 Å². The van der Waals surface area contributed by atoms with Gasteiger partial charge < -0.3 is 15.4 Å². The molecular weight excluding hydrogens is 224 g/mol. The SMILES string of the molecule is CC(C)C1CC(N2CCC(OCCCN)CC2)C1. The highest BCUT2D eigenvalue weighted by Gasteiger charge is 2.36. The van der Waals surface area contributed by atoms with Gasteiger partial charge in [-0.15, -0.1) is 0 Å². The zero-order valence-electron chi connectivity index (χ0n) is 12.1. The Kier molecular flexibility index (Phi) is 5.46. The van der Waals surface area contributed by atoms with Crippen LogP contribution in [0.4, 0.5) is 0 Å². The molecule has 0 radical (unpaired) electrons. The number of rotatable bonds is 6. The molecule has 2 N–H and O–H groups in total. The molecule has 1 heterocycles. The fourth-order valence-electron chi connectivity index (χ4n) is 3.21. The van der Waals surface area contributed by atoms with Crippen molar-refractivity contribution in [2.45, 2.75) is 58.1 Å². The summed E-state index contributed by atoms with van der Waals surface area (Å²) in [5.41, 5.74) is 5.48. The van der Waals surface area contributed by atoms with E-state index in [1.165, 1.54) is 38.8 Å². The second kappa shape index (κ2) is 6.88. The van der Waals surface area contributed by atoms with E-state index in [-0.39, 0.29) is 0 Å². The van der Waals surface area contributed by atoms with Gasteiger partial charge >= 0.3 is 0 Å². The van der Waals surface area contributed by atoms with Crippen LogP contribution in [0.3, 0.4) is 0 Å². The van der Waals surface area contributed by atoms with E-state index < -0.39 is 0 Å². The molecule has 0 unspecified atom stereocenters. The van der Waals surface area contributed by atoms with Gasteiger partial charge in [0.2, 0.25) is 0 Å². The van der Waals surface area contributed by atoms with Crippen molar-refractivity contribution in [3.05, 3.63) is 0 Å². The van der Waals surface area contributed by atoms with Gasteiger partial charge in [-0.25, -0.2) is 0 Å². The number of hydrogen-bond donors (Lipinski definition) is 1. The van der Waals surface area contributed by atoms with Gasteiger partial charge in [0.25, 0.3) is 0 Å². The molecule has 2 rings (SSSR count). The molecule has 0 aromatic rings. The molecule has 1 aliphatic carbocycles. The van der Waals surface area contributed by atoms with Crippen molar-refractivity contribution in [1.29, 1.82) is 0 Å². The largest absolute Gasteiger partial charge is 0.378 e. The van der Waals surface area contributed by atoms with Crippen molar-refractivity contribution in [3.63, 3.8) is 0 Å². The van der Waals surface area contributed by atoms with Crippen LogP contribution < -0.4 is 5.73 Å². The lowest BCUT2D eigenvalue weighted by molar-refractivity contribution is -0.0256. The first kappa shape index (κ1) is 14.3. The van der Waals surface area contributed by atoms with E-state index in [4.69, 9.17) is 10.5 Å². The van der Waals surface area contributed by atoms with Crippen molar-refractivity contribution in [1.82, 2.24) is 4.90 Å². The first-order chi connectivity index (χ1) is 8.70. The average Bonchev–Trinajstić information content (AvgIpc) is 2.29. The van der Waals surface area contributed by atoms with Crippen molar-refractivity contribution in [2.24, 2.45) is 17.6 Å². The number of nitrogens with two attached hydrogens (primary N) is 1. The molecule has 3 heteroatoms. The standard InChI is InChI=1S/C15H30N2O/c1-12(2)13-10-14(11-13)17-7-4-15(5-8-17)18-9-3-6-16/h12-15H,3-11,16H2,1-2H3. The van der Waals surface area contributed by atoms with E-state index in [1.54, 1.807) is 0 Å². The lowest BCUT2D eigenvalue weighted by Gasteiger charge is -2.47. The molecule has 0 aromatic heterocycles. The van der Waals surface area contributed by atoms with Crippen LogP contribution in [0.1, 0.15) is 46.0 Å². The van der Waals surface area contributed by atoms with E-state index in [0.29, 0.717) is 6.10 Å². The van der Waals surface area contributed by atoms with E-state index in [2.05, 4.69) is 18.7 Å². The summed E-state index contributed by atoms with van der Waals surface area (Å²) in [7, 11) is 0. The molecule has 1 saturated heterocycles. The molecule has 0 spiro atoms. The maximum atomic E-state index is 5.86. The first-order valence-corrected chi connectivity index (χ1v) is 7.76. The van der Waals surface area contributed by atoms with Gasteiger partial charge in [0.05, 0.1) is 6.10 Å².